The van der Waals surface area contributed by atoms with Gasteiger partial charge in [-0.1, -0.05) is 32.9 Å². The second kappa shape index (κ2) is 15.3. The Morgan fingerprint density at radius 3 is 2.06 bits per heavy atom. The molecule has 1 heterocycles. The Hall–Kier alpha value is -4.69. The van der Waals surface area contributed by atoms with E-state index in [-0.39, 0.29) is 34.7 Å². The van der Waals surface area contributed by atoms with Gasteiger partial charge < -0.3 is 14.6 Å². The van der Waals surface area contributed by atoms with Gasteiger partial charge in [0.15, 0.2) is 0 Å². The lowest BCUT2D eigenvalue weighted by Crippen LogP contribution is -2.36. The zero-order valence-electron chi connectivity index (χ0n) is 29.4. The summed E-state index contributed by atoms with van der Waals surface area (Å²) in [5.74, 6) is -0.907. The highest BCUT2D eigenvalue weighted by atomic mass is 19.4. The van der Waals surface area contributed by atoms with Gasteiger partial charge in [0.05, 0.1) is 35.4 Å². The predicted octanol–water partition coefficient (Wildman–Crippen LogP) is 11.3. The second-order valence-corrected chi connectivity index (χ2v) is 13.8. The van der Waals surface area contributed by atoms with Crippen molar-refractivity contribution in [1.82, 2.24) is 4.90 Å². The van der Waals surface area contributed by atoms with Crippen LogP contribution in [0.15, 0.2) is 60.2 Å². The lowest BCUT2D eigenvalue weighted by Gasteiger charge is -2.36. The van der Waals surface area contributed by atoms with Crippen LogP contribution in [0, 0.1) is 12.3 Å². The van der Waals surface area contributed by atoms with Crippen molar-refractivity contribution >= 4 is 17.6 Å². The van der Waals surface area contributed by atoms with Crippen LogP contribution in [0.4, 0.5) is 44.3 Å². The monoisotopic (exact) mass is 759 g/mol. The number of amides is 1. The number of hydrogen-bond acceptors (Lipinski definition) is 4. The van der Waals surface area contributed by atoms with Gasteiger partial charge in [0.25, 0.3) is 0 Å². The SMILES string of the molecule is CCC1COC(=O)N1CC1=C(c2cc(-c3ccc(C(=O)O)cc3C(F)(F)F)ccc2OC)CCC(C)(C)C1.Cc1cc(C(F)(F)F)cc(C(F)(F)F)c1. The Bertz CT molecular complexity index is 1840. The average Bonchev–Trinajstić information content (AvgIpc) is 3.41. The second-order valence-electron chi connectivity index (χ2n) is 13.8. The number of aryl methyl sites for hydroxylation is 1. The van der Waals surface area contributed by atoms with E-state index in [0.717, 1.165) is 30.4 Å². The fourth-order valence-corrected chi connectivity index (χ4v) is 6.50. The maximum Gasteiger partial charge on any atom is 0.417 e. The fraction of sp³-hybridized carbons (Fsp3) is 0.421. The summed E-state index contributed by atoms with van der Waals surface area (Å²) in [6.07, 6.45) is -11.6. The van der Waals surface area contributed by atoms with Gasteiger partial charge >= 0.3 is 30.6 Å². The van der Waals surface area contributed by atoms with Crippen molar-refractivity contribution in [3.8, 4) is 16.9 Å². The van der Waals surface area contributed by atoms with Gasteiger partial charge in [-0.25, -0.2) is 9.59 Å². The molecule has 15 heteroatoms. The van der Waals surface area contributed by atoms with Crippen molar-refractivity contribution < 1.29 is 63.7 Å². The normalized spacial score (nSPS) is 17.7. The highest BCUT2D eigenvalue weighted by Gasteiger charge is 2.38. The molecule has 6 nitrogen and oxygen atoms in total. The lowest BCUT2D eigenvalue weighted by atomic mass is 9.72. The first kappa shape index (κ1) is 41.1. The van der Waals surface area contributed by atoms with E-state index in [0.29, 0.717) is 54.6 Å². The standard InChI is InChI=1S/C29H32F3NO5.C9H6F6/c1-5-20-16-38-27(36)33(20)15-19-14-28(2,3)11-10-21(19)23-12-17(7-9-25(23)37-4)22-8-6-18(26(34)35)13-24(22)29(30,31)32;1-5-2-6(8(10,11)12)4-7(3-5)9(13,14)15/h6-9,12-13,20H,5,10-11,14-16H2,1-4H3,(H,34,35);2-4H,1H3. The van der Waals surface area contributed by atoms with Gasteiger partial charge in [0, 0.05) is 12.1 Å². The third-order valence-corrected chi connectivity index (χ3v) is 9.22. The van der Waals surface area contributed by atoms with Gasteiger partial charge in [-0.3, -0.25) is 4.90 Å². The first-order chi connectivity index (χ1) is 24.4. The van der Waals surface area contributed by atoms with E-state index >= 15 is 0 Å². The van der Waals surface area contributed by atoms with Crippen molar-refractivity contribution in [3.05, 3.63) is 93.6 Å². The number of benzene rings is 3. The number of nitrogens with zero attached hydrogens (tertiary/aromatic N) is 1. The van der Waals surface area contributed by atoms with E-state index < -0.39 is 46.8 Å². The molecule has 0 aromatic heterocycles. The van der Waals surface area contributed by atoms with Crippen LogP contribution in [0.2, 0.25) is 0 Å². The number of aromatic carboxylic acids is 1. The molecule has 1 saturated heterocycles. The van der Waals surface area contributed by atoms with E-state index in [2.05, 4.69) is 13.8 Å². The molecular weight excluding hydrogens is 721 g/mol. The first-order valence-electron chi connectivity index (χ1n) is 16.5. The molecular formula is C38H38F9NO5. The van der Waals surface area contributed by atoms with Crippen molar-refractivity contribution in [3.63, 3.8) is 0 Å². The summed E-state index contributed by atoms with van der Waals surface area (Å²) >= 11 is 0. The molecule has 0 radical (unpaired) electrons. The third-order valence-electron chi connectivity index (χ3n) is 9.22. The topological polar surface area (TPSA) is 76.1 Å². The van der Waals surface area contributed by atoms with Gasteiger partial charge in [0.2, 0.25) is 0 Å². The Morgan fingerprint density at radius 1 is 0.906 bits per heavy atom. The number of alkyl halides is 9. The molecule has 1 unspecified atom stereocenters. The number of cyclic esters (lactones) is 1. The molecule has 0 saturated carbocycles. The smallest absolute Gasteiger partial charge is 0.417 e. The Balaban J connectivity index is 0.000000350. The Labute approximate surface area is 300 Å². The number of ether oxygens (including phenoxy) is 2. The van der Waals surface area contributed by atoms with Crippen LogP contribution in [0.3, 0.4) is 0 Å². The molecule has 3 aromatic rings. The summed E-state index contributed by atoms with van der Waals surface area (Å²) in [7, 11) is 1.51. The number of hydrogen-bond donors (Lipinski definition) is 1. The summed E-state index contributed by atoms with van der Waals surface area (Å²) in [4.78, 5) is 25.6. The van der Waals surface area contributed by atoms with Crippen molar-refractivity contribution in [2.45, 2.75) is 77.9 Å². The van der Waals surface area contributed by atoms with E-state index in [1.54, 1.807) is 23.1 Å². The molecule has 1 N–H and O–H groups in total. The van der Waals surface area contributed by atoms with E-state index in [4.69, 9.17) is 9.47 Å². The number of carbonyl (C=O) groups excluding carboxylic acids is 1. The number of carboxylic acids is 1. The maximum atomic E-state index is 14.0. The summed E-state index contributed by atoms with van der Waals surface area (Å²) in [5, 5.41) is 9.24. The molecule has 1 aliphatic carbocycles. The molecule has 2 aliphatic rings. The quantitative estimate of drug-likeness (QED) is 0.243. The molecule has 1 amide bonds. The maximum absolute atomic E-state index is 14.0. The number of methoxy groups -OCH3 is 1. The molecule has 53 heavy (non-hydrogen) atoms. The minimum atomic E-state index is -4.76. The minimum Gasteiger partial charge on any atom is -0.496 e. The Morgan fingerprint density at radius 2 is 1.53 bits per heavy atom. The van der Waals surface area contributed by atoms with Crippen LogP contribution >= 0.6 is 0 Å². The minimum absolute atomic E-state index is 0.00879. The molecule has 0 bridgehead atoms. The Kier molecular flexibility index (Phi) is 11.9. The van der Waals surface area contributed by atoms with Crippen LogP contribution in [0.25, 0.3) is 16.7 Å². The van der Waals surface area contributed by atoms with Crippen molar-refractivity contribution in [2.75, 3.05) is 20.3 Å². The largest absolute Gasteiger partial charge is 0.496 e. The zero-order chi connectivity index (χ0) is 39.7. The van der Waals surface area contributed by atoms with E-state index in [9.17, 15) is 54.2 Å². The van der Waals surface area contributed by atoms with Gasteiger partial charge in [-0.2, -0.15) is 39.5 Å². The number of halogens is 9. The van der Waals surface area contributed by atoms with Gasteiger partial charge in [0.1, 0.15) is 12.4 Å². The molecule has 1 atom stereocenters. The average molecular weight is 760 g/mol. The van der Waals surface area contributed by atoms with Crippen molar-refractivity contribution in [2.24, 2.45) is 5.41 Å². The number of rotatable bonds is 7. The predicted molar refractivity (Wildman–Crippen MR) is 178 cm³/mol. The molecule has 1 aliphatic heterocycles. The van der Waals surface area contributed by atoms with Crippen LogP contribution in [-0.4, -0.2) is 48.4 Å². The lowest BCUT2D eigenvalue weighted by molar-refractivity contribution is -0.143. The van der Waals surface area contributed by atoms with E-state index in [1.807, 2.05) is 6.92 Å². The molecule has 5 rings (SSSR count). The molecule has 1 fully saturated rings. The van der Waals surface area contributed by atoms with Crippen LogP contribution in [-0.2, 0) is 23.3 Å². The highest BCUT2D eigenvalue weighted by Crippen LogP contribution is 2.47. The van der Waals surface area contributed by atoms with E-state index in [1.165, 1.54) is 26.2 Å². The summed E-state index contributed by atoms with van der Waals surface area (Å²) < 4.78 is 126. The first-order valence-corrected chi connectivity index (χ1v) is 16.5. The van der Waals surface area contributed by atoms with Gasteiger partial charge in [-0.05, 0) is 108 Å². The number of allylic oxidation sites excluding steroid dienone is 1. The van der Waals surface area contributed by atoms with Crippen LogP contribution < -0.4 is 4.74 Å². The number of carboxylic acid groups (broad SMARTS) is 1. The zero-order valence-corrected chi connectivity index (χ0v) is 29.4. The summed E-state index contributed by atoms with van der Waals surface area (Å²) in [5.41, 5.74) is -1.25. The van der Waals surface area contributed by atoms with Gasteiger partial charge in [-0.15, -0.1) is 0 Å². The van der Waals surface area contributed by atoms with Crippen LogP contribution in [0.5, 0.6) is 5.75 Å². The fourth-order valence-electron chi connectivity index (χ4n) is 6.50. The molecule has 288 valence electrons. The third kappa shape index (κ3) is 9.85. The molecule has 0 spiro atoms. The summed E-state index contributed by atoms with van der Waals surface area (Å²) in [6.45, 7) is 8.23. The summed E-state index contributed by atoms with van der Waals surface area (Å²) in [6, 6.07) is 9.33. The molecule has 3 aromatic carbocycles. The van der Waals surface area contributed by atoms with Crippen LogP contribution in [0.1, 0.15) is 84.6 Å². The highest BCUT2D eigenvalue weighted by molar-refractivity contribution is 5.89. The van der Waals surface area contributed by atoms with Crippen molar-refractivity contribution in [1.29, 1.82) is 0 Å². The number of carbonyl (C=O) groups is 2.